The van der Waals surface area contributed by atoms with Crippen molar-refractivity contribution >= 4 is 11.3 Å². The molecule has 1 unspecified atom stereocenters. The molecule has 3 N–H and O–H groups in total. The van der Waals surface area contributed by atoms with E-state index in [1.165, 1.54) is 0 Å². The van der Waals surface area contributed by atoms with Crippen LogP contribution in [0.15, 0.2) is 0 Å². The van der Waals surface area contributed by atoms with Gasteiger partial charge in [-0.25, -0.2) is 4.98 Å². The molecule has 0 aliphatic heterocycles. The van der Waals surface area contributed by atoms with Gasteiger partial charge in [-0.1, -0.05) is 0 Å². The molecule has 1 atom stereocenters. The molecule has 1 aromatic rings. The van der Waals surface area contributed by atoms with Crippen LogP contribution in [0.25, 0.3) is 0 Å². The lowest BCUT2D eigenvalue weighted by molar-refractivity contribution is 0.168. The van der Waals surface area contributed by atoms with Gasteiger partial charge in [-0.3, -0.25) is 0 Å². The molecule has 0 aliphatic rings. The average molecular weight is 200 g/mol. The molecule has 1 heterocycles. The highest BCUT2D eigenvalue weighted by atomic mass is 32.1. The lowest BCUT2D eigenvalue weighted by atomic mass is 10.1. The third-order valence-electron chi connectivity index (χ3n) is 1.92. The van der Waals surface area contributed by atoms with Crippen molar-refractivity contribution in [1.29, 1.82) is 0 Å². The fourth-order valence-corrected chi connectivity index (χ4v) is 2.25. The van der Waals surface area contributed by atoms with Gasteiger partial charge >= 0.3 is 0 Å². The normalized spacial score (nSPS) is 13.2. The summed E-state index contributed by atoms with van der Waals surface area (Å²) in [6, 6.07) is 0. The molecule has 0 saturated heterocycles. The van der Waals surface area contributed by atoms with Gasteiger partial charge in [0.1, 0.15) is 0 Å². The Morgan fingerprint density at radius 3 is 2.69 bits per heavy atom. The average Bonchev–Trinajstić information content (AvgIpc) is 2.41. The number of aromatic nitrogens is 1. The van der Waals surface area contributed by atoms with E-state index in [2.05, 4.69) is 4.98 Å². The second kappa shape index (κ2) is 4.69. The third-order valence-corrected chi connectivity index (χ3v) is 3.10. The van der Waals surface area contributed by atoms with Crippen LogP contribution in [-0.2, 0) is 0 Å². The van der Waals surface area contributed by atoms with Crippen molar-refractivity contribution in [2.45, 2.75) is 32.8 Å². The number of aliphatic hydroxyl groups is 1. The van der Waals surface area contributed by atoms with Crippen molar-refractivity contribution in [1.82, 2.24) is 4.98 Å². The van der Waals surface area contributed by atoms with Crippen LogP contribution in [0.2, 0.25) is 0 Å². The molecule has 0 radical (unpaired) electrons. The van der Waals surface area contributed by atoms with E-state index in [0.29, 0.717) is 6.54 Å². The maximum atomic E-state index is 9.76. The summed E-state index contributed by atoms with van der Waals surface area (Å²) in [5.41, 5.74) is 6.33. The molecule has 74 valence electrons. The number of thiazole rings is 1. The van der Waals surface area contributed by atoms with Crippen LogP contribution in [0.3, 0.4) is 0 Å². The number of aryl methyl sites for hydroxylation is 2. The monoisotopic (exact) mass is 200 g/mol. The summed E-state index contributed by atoms with van der Waals surface area (Å²) in [6.45, 7) is 4.52. The van der Waals surface area contributed by atoms with E-state index in [1.54, 1.807) is 11.3 Å². The molecule has 0 fully saturated rings. The molecule has 1 aromatic heterocycles. The van der Waals surface area contributed by atoms with Crippen LogP contribution in [-0.4, -0.2) is 16.6 Å². The lowest BCUT2D eigenvalue weighted by Crippen LogP contribution is -2.03. The van der Waals surface area contributed by atoms with E-state index in [0.717, 1.165) is 28.4 Å². The number of hydrogen-bond acceptors (Lipinski definition) is 4. The van der Waals surface area contributed by atoms with E-state index < -0.39 is 0 Å². The molecule has 1 rings (SSSR count). The Labute approximate surface area is 82.6 Å². The molecular weight excluding hydrogens is 184 g/mol. The van der Waals surface area contributed by atoms with Gasteiger partial charge in [-0.2, -0.15) is 0 Å². The molecule has 13 heavy (non-hydrogen) atoms. The van der Waals surface area contributed by atoms with Crippen molar-refractivity contribution in [3.63, 3.8) is 0 Å². The summed E-state index contributed by atoms with van der Waals surface area (Å²) in [5.74, 6) is 0. The second-order valence-electron chi connectivity index (χ2n) is 3.13. The summed E-state index contributed by atoms with van der Waals surface area (Å²) in [5, 5.41) is 10.8. The summed E-state index contributed by atoms with van der Waals surface area (Å²) < 4.78 is 0. The van der Waals surface area contributed by atoms with Gasteiger partial charge < -0.3 is 10.8 Å². The van der Waals surface area contributed by atoms with Crippen LogP contribution < -0.4 is 5.73 Å². The van der Waals surface area contributed by atoms with E-state index in [9.17, 15) is 5.11 Å². The number of hydrogen-bond donors (Lipinski definition) is 2. The van der Waals surface area contributed by atoms with Crippen molar-refractivity contribution < 1.29 is 5.11 Å². The van der Waals surface area contributed by atoms with Crippen LogP contribution in [0.4, 0.5) is 0 Å². The molecule has 3 nitrogen and oxygen atoms in total. The fourth-order valence-electron chi connectivity index (χ4n) is 1.30. The Morgan fingerprint density at radius 2 is 2.23 bits per heavy atom. The second-order valence-corrected chi connectivity index (χ2v) is 4.36. The van der Waals surface area contributed by atoms with Crippen LogP contribution in [0.1, 0.15) is 34.5 Å². The lowest BCUT2D eigenvalue weighted by Gasteiger charge is -2.07. The summed E-state index contributed by atoms with van der Waals surface area (Å²) >= 11 is 1.57. The zero-order valence-corrected chi connectivity index (χ0v) is 8.90. The van der Waals surface area contributed by atoms with Gasteiger partial charge in [0.05, 0.1) is 21.7 Å². The van der Waals surface area contributed by atoms with E-state index in [-0.39, 0.29) is 6.10 Å². The topological polar surface area (TPSA) is 59.1 Å². The quantitative estimate of drug-likeness (QED) is 0.775. The van der Waals surface area contributed by atoms with Crippen LogP contribution in [0.5, 0.6) is 0 Å². The molecule has 0 aliphatic carbocycles. The largest absolute Gasteiger partial charge is 0.388 e. The first-order valence-corrected chi connectivity index (χ1v) is 5.29. The predicted molar refractivity (Wildman–Crippen MR) is 54.8 cm³/mol. The smallest absolute Gasteiger partial charge is 0.0901 e. The van der Waals surface area contributed by atoms with Gasteiger partial charge in [-0.05, 0) is 33.2 Å². The highest BCUT2D eigenvalue weighted by molar-refractivity contribution is 7.11. The van der Waals surface area contributed by atoms with E-state index in [1.807, 2.05) is 13.8 Å². The Hall–Kier alpha value is -0.450. The highest BCUT2D eigenvalue weighted by Crippen LogP contribution is 2.27. The van der Waals surface area contributed by atoms with Crippen LogP contribution in [0, 0.1) is 13.8 Å². The SMILES string of the molecule is Cc1nc(C)c(C(O)CCCN)s1. The minimum Gasteiger partial charge on any atom is -0.388 e. The molecule has 0 amide bonds. The molecule has 0 spiro atoms. The maximum absolute atomic E-state index is 9.76. The Morgan fingerprint density at radius 1 is 1.54 bits per heavy atom. The van der Waals surface area contributed by atoms with Gasteiger partial charge in [0.2, 0.25) is 0 Å². The third kappa shape index (κ3) is 2.76. The minimum atomic E-state index is -0.380. The zero-order valence-electron chi connectivity index (χ0n) is 8.08. The van der Waals surface area contributed by atoms with E-state index in [4.69, 9.17) is 5.73 Å². The number of rotatable bonds is 4. The molecule has 4 heteroatoms. The van der Waals surface area contributed by atoms with Crippen LogP contribution >= 0.6 is 11.3 Å². The Bertz CT molecular complexity index is 273. The van der Waals surface area contributed by atoms with Crippen molar-refractivity contribution in [3.8, 4) is 0 Å². The van der Waals surface area contributed by atoms with Crippen molar-refractivity contribution in [2.24, 2.45) is 5.73 Å². The predicted octanol–water partition coefficient (Wildman–Crippen LogP) is 1.53. The summed E-state index contributed by atoms with van der Waals surface area (Å²) in [4.78, 5) is 5.26. The number of aliphatic hydroxyl groups excluding tert-OH is 1. The first-order valence-electron chi connectivity index (χ1n) is 4.47. The molecule has 0 aromatic carbocycles. The molecule has 0 bridgehead atoms. The van der Waals surface area contributed by atoms with Gasteiger partial charge in [0, 0.05) is 0 Å². The highest BCUT2D eigenvalue weighted by Gasteiger charge is 2.13. The van der Waals surface area contributed by atoms with Gasteiger partial charge in [0.15, 0.2) is 0 Å². The number of nitrogens with zero attached hydrogens (tertiary/aromatic N) is 1. The maximum Gasteiger partial charge on any atom is 0.0901 e. The minimum absolute atomic E-state index is 0.380. The van der Waals surface area contributed by atoms with Gasteiger partial charge in [0.25, 0.3) is 0 Å². The first-order chi connectivity index (χ1) is 6.15. The Kier molecular flexibility index (Phi) is 3.84. The first kappa shape index (κ1) is 10.6. The van der Waals surface area contributed by atoms with Crippen molar-refractivity contribution in [3.05, 3.63) is 15.6 Å². The Balaban J connectivity index is 2.64. The van der Waals surface area contributed by atoms with E-state index >= 15 is 0 Å². The fraction of sp³-hybridized carbons (Fsp3) is 0.667. The van der Waals surface area contributed by atoms with Crippen molar-refractivity contribution in [2.75, 3.05) is 6.54 Å². The summed E-state index contributed by atoms with van der Waals surface area (Å²) in [6.07, 6.45) is 1.21. The molecular formula is C9H16N2OS. The van der Waals surface area contributed by atoms with Gasteiger partial charge in [-0.15, -0.1) is 11.3 Å². The zero-order chi connectivity index (χ0) is 9.84. The molecule has 0 saturated carbocycles. The number of nitrogens with two attached hydrogens (primary N) is 1. The standard InChI is InChI=1S/C9H16N2OS/c1-6-9(13-7(2)11-6)8(12)4-3-5-10/h8,12H,3-5,10H2,1-2H3. The summed E-state index contributed by atoms with van der Waals surface area (Å²) in [7, 11) is 0.